The highest BCUT2D eigenvalue weighted by Crippen LogP contribution is 2.22. The maximum absolute atomic E-state index is 6.11. The molecule has 2 rings (SSSR count). The number of para-hydroxylation sites is 1. The summed E-state index contributed by atoms with van der Waals surface area (Å²) < 4.78 is 0. The van der Waals surface area contributed by atoms with Crippen LogP contribution in [0.4, 0.5) is 5.69 Å². The van der Waals surface area contributed by atoms with Gasteiger partial charge in [0.05, 0.1) is 10.7 Å². The van der Waals surface area contributed by atoms with Crippen LogP contribution in [0.2, 0.25) is 5.02 Å². The van der Waals surface area contributed by atoms with E-state index in [9.17, 15) is 0 Å². The molecule has 0 aliphatic heterocycles. The highest BCUT2D eigenvalue weighted by atomic mass is 35.5. The van der Waals surface area contributed by atoms with Crippen LogP contribution in [-0.4, -0.2) is 0 Å². The summed E-state index contributed by atoms with van der Waals surface area (Å²) in [6.07, 6.45) is 0. The summed E-state index contributed by atoms with van der Waals surface area (Å²) in [5.74, 6) is 0. The Morgan fingerprint density at radius 2 is 1.59 bits per heavy atom. The van der Waals surface area contributed by atoms with Crippen molar-refractivity contribution in [3.05, 3.63) is 64.2 Å². The lowest BCUT2D eigenvalue weighted by Gasteiger charge is -2.12. The summed E-state index contributed by atoms with van der Waals surface area (Å²) in [6.45, 7) is 5.08. The molecule has 0 unspecified atom stereocenters. The van der Waals surface area contributed by atoms with Crippen molar-refractivity contribution >= 4 is 17.3 Å². The molecule has 0 fully saturated rings. The predicted octanol–water partition coefficient (Wildman–Crippen LogP) is 4.57. The van der Waals surface area contributed by atoms with Gasteiger partial charge in [-0.2, -0.15) is 0 Å². The van der Waals surface area contributed by atoms with Gasteiger partial charge in [-0.05, 0) is 42.7 Å². The maximum Gasteiger partial charge on any atom is 0.0637 e. The Hall–Kier alpha value is -1.47. The lowest BCUT2D eigenvalue weighted by molar-refractivity contribution is 1.09. The van der Waals surface area contributed by atoms with Gasteiger partial charge in [0.2, 0.25) is 0 Å². The van der Waals surface area contributed by atoms with Gasteiger partial charge in [0.25, 0.3) is 0 Å². The Kier molecular flexibility index (Phi) is 3.70. The molecule has 2 aromatic rings. The third-order valence-electron chi connectivity index (χ3n) is 2.97. The number of hydrogen-bond donors (Lipinski definition) is 1. The average molecular weight is 246 g/mol. The van der Waals surface area contributed by atoms with Gasteiger partial charge in [0.1, 0.15) is 0 Å². The number of rotatable bonds is 3. The highest BCUT2D eigenvalue weighted by molar-refractivity contribution is 6.33. The molecule has 0 heterocycles. The van der Waals surface area contributed by atoms with E-state index < -0.39 is 0 Å². The van der Waals surface area contributed by atoms with Gasteiger partial charge in [-0.1, -0.05) is 41.9 Å². The molecule has 0 aliphatic carbocycles. The molecule has 0 saturated carbocycles. The second-order valence-corrected chi connectivity index (χ2v) is 4.61. The van der Waals surface area contributed by atoms with Crippen molar-refractivity contribution in [1.29, 1.82) is 0 Å². The molecule has 0 aromatic heterocycles. The lowest BCUT2D eigenvalue weighted by atomic mass is 10.0. The molecule has 17 heavy (non-hydrogen) atoms. The van der Waals surface area contributed by atoms with Crippen LogP contribution in [0.3, 0.4) is 0 Å². The second kappa shape index (κ2) is 5.24. The van der Waals surface area contributed by atoms with Crippen molar-refractivity contribution in [2.24, 2.45) is 0 Å². The predicted molar refractivity (Wildman–Crippen MR) is 74.7 cm³/mol. The fourth-order valence-corrected chi connectivity index (χ4v) is 2.12. The topological polar surface area (TPSA) is 12.0 Å². The molecule has 0 bridgehead atoms. The SMILES string of the molecule is Cc1cccc(C)c1CNc1ccccc1Cl. The van der Waals surface area contributed by atoms with E-state index in [0.717, 1.165) is 17.3 Å². The van der Waals surface area contributed by atoms with Crippen molar-refractivity contribution in [3.63, 3.8) is 0 Å². The van der Waals surface area contributed by atoms with Gasteiger partial charge in [-0.15, -0.1) is 0 Å². The Labute approximate surface area is 107 Å². The molecule has 0 amide bonds. The lowest BCUT2D eigenvalue weighted by Crippen LogP contribution is -2.03. The monoisotopic (exact) mass is 245 g/mol. The number of hydrogen-bond acceptors (Lipinski definition) is 1. The van der Waals surface area contributed by atoms with Crippen LogP contribution in [0, 0.1) is 13.8 Å². The highest BCUT2D eigenvalue weighted by Gasteiger charge is 2.03. The number of aryl methyl sites for hydroxylation is 2. The zero-order valence-electron chi connectivity index (χ0n) is 10.1. The van der Waals surface area contributed by atoms with Crippen LogP contribution >= 0.6 is 11.6 Å². The van der Waals surface area contributed by atoms with E-state index in [1.807, 2.05) is 24.3 Å². The van der Waals surface area contributed by atoms with Gasteiger partial charge in [-0.3, -0.25) is 0 Å². The summed E-state index contributed by atoms with van der Waals surface area (Å²) in [6, 6.07) is 14.2. The average Bonchev–Trinajstić information content (AvgIpc) is 2.30. The smallest absolute Gasteiger partial charge is 0.0637 e. The first-order chi connectivity index (χ1) is 8.18. The summed E-state index contributed by atoms with van der Waals surface area (Å²) in [7, 11) is 0. The van der Waals surface area contributed by atoms with E-state index in [0.29, 0.717) is 0 Å². The van der Waals surface area contributed by atoms with E-state index >= 15 is 0 Å². The third kappa shape index (κ3) is 2.80. The van der Waals surface area contributed by atoms with E-state index in [1.165, 1.54) is 16.7 Å². The Morgan fingerprint density at radius 1 is 0.941 bits per heavy atom. The quantitative estimate of drug-likeness (QED) is 0.835. The van der Waals surface area contributed by atoms with Crippen molar-refractivity contribution in [2.45, 2.75) is 20.4 Å². The molecule has 2 aromatic carbocycles. The molecule has 0 radical (unpaired) electrons. The van der Waals surface area contributed by atoms with Crippen molar-refractivity contribution in [3.8, 4) is 0 Å². The number of benzene rings is 2. The van der Waals surface area contributed by atoms with Crippen molar-refractivity contribution in [2.75, 3.05) is 5.32 Å². The number of anilines is 1. The minimum Gasteiger partial charge on any atom is -0.380 e. The van der Waals surface area contributed by atoms with E-state index in [2.05, 4.69) is 37.4 Å². The number of halogens is 1. The summed E-state index contributed by atoms with van der Waals surface area (Å²) in [4.78, 5) is 0. The standard InChI is InChI=1S/C15H16ClN/c1-11-6-5-7-12(2)13(11)10-17-15-9-4-3-8-14(15)16/h3-9,17H,10H2,1-2H3. The van der Waals surface area contributed by atoms with Crippen LogP contribution in [0.1, 0.15) is 16.7 Å². The normalized spacial score (nSPS) is 10.3. The molecule has 1 nitrogen and oxygen atoms in total. The van der Waals surface area contributed by atoms with Crippen molar-refractivity contribution < 1.29 is 0 Å². The molecule has 0 atom stereocenters. The first-order valence-corrected chi connectivity index (χ1v) is 6.10. The molecular formula is C15H16ClN. The summed E-state index contributed by atoms with van der Waals surface area (Å²) >= 11 is 6.11. The van der Waals surface area contributed by atoms with E-state index in [1.54, 1.807) is 0 Å². The number of nitrogens with one attached hydrogen (secondary N) is 1. The molecule has 1 N–H and O–H groups in total. The summed E-state index contributed by atoms with van der Waals surface area (Å²) in [5.41, 5.74) is 4.94. The van der Waals surface area contributed by atoms with E-state index in [4.69, 9.17) is 11.6 Å². The molecule has 88 valence electrons. The zero-order valence-corrected chi connectivity index (χ0v) is 10.9. The van der Waals surface area contributed by atoms with Crippen LogP contribution in [0.25, 0.3) is 0 Å². The van der Waals surface area contributed by atoms with Gasteiger partial charge < -0.3 is 5.32 Å². The first kappa shape index (κ1) is 12.0. The zero-order chi connectivity index (χ0) is 12.3. The van der Waals surface area contributed by atoms with Gasteiger partial charge in [0, 0.05) is 6.54 Å². The van der Waals surface area contributed by atoms with Gasteiger partial charge in [-0.25, -0.2) is 0 Å². The van der Waals surface area contributed by atoms with E-state index in [-0.39, 0.29) is 0 Å². The largest absolute Gasteiger partial charge is 0.380 e. The first-order valence-electron chi connectivity index (χ1n) is 5.72. The van der Waals surface area contributed by atoms with Crippen LogP contribution in [0.5, 0.6) is 0 Å². The van der Waals surface area contributed by atoms with Gasteiger partial charge >= 0.3 is 0 Å². The van der Waals surface area contributed by atoms with Gasteiger partial charge in [0.15, 0.2) is 0 Å². The molecule has 2 heteroatoms. The molecular weight excluding hydrogens is 230 g/mol. The van der Waals surface area contributed by atoms with Crippen LogP contribution in [0.15, 0.2) is 42.5 Å². The minimum atomic E-state index is 0.763. The molecule has 0 saturated heterocycles. The fourth-order valence-electron chi connectivity index (χ4n) is 1.92. The van der Waals surface area contributed by atoms with Crippen LogP contribution < -0.4 is 5.32 Å². The van der Waals surface area contributed by atoms with Crippen LogP contribution in [-0.2, 0) is 6.54 Å². The van der Waals surface area contributed by atoms with Crippen molar-refractivity contribution in [1.82, 2.24) is 0 Å². The molecule has 0 spiro atoms. The summed E-state index contributed by atoms with van der Waals surface area (Å²) in [5, 5.41) is 4.14. The Balaban J connectivity index is 2.16. The Morgan fingerprint density at radius 3 is 2.24 bits per heavy atom. The maximum atomic E-state index is 6.11. The fraction of sp³-hybridized carbons (Fsp3) is 0.200. The third-order valence-corrected chi connectivity index (χ3v) is 3.30. The molecule has 0 aliphatic rings. The second-order valence-electron chi connectivity index (χ2n) is 4.20. The minimum absolute atomic E-state index is 0.763. The Bertz CT molecular complexity index is 500.